The van der Waals surface area contributed by atoms with Gasteiger partial charge in [-0.15, -0.1) is 0 Å². The van der Waals surface area contributed by atoms with Gasteiger partial charge in [0, 0.05) is 22.1 Å². The topological polar surface area (TPSA) is 27.8 Å². The van der Waals surface area contributed by atoms with Gasteiger partial charge in [0.2, 0.25) is 0 Å². The summed E-state index contributed by atoms with van der Waals surface area (Å²) in [6, 6.07) is 4.52. The normalized spacial score (nSPS) is 12.3. The van der Waals surface area contributed by atoms with Crippen molar-refractivity contribution in [2.45, 2.75) is 53.5 Å². The lowest BCUT2D eigenvalue weighted by atomic mass is 10.0. The SMILES string of the molecule is Cc1cc(C)c2c(CCNC(C)(C)C)c(C)[nH]c2c1. The van der Waals surface area contributed by atoms with E-state index in [1.165, 1.54) is 33.3 Å². The first-order valence-electron chi connectivity index (χ1n) is 7.11. The van der Waals surface area contributed by atoms with Gasteiger partial charge in [0.25, 0.3) is 0 Å². The Labute approximate surface area is 116 Å². The maximum atomic E-state index is 3.57. The van der Waals surface area contributed by atoms with Gasteiger partial charge >= 0.3 is 0 Å². The summed E-state index contributed by atoms with van der Waals surface area (Å²) in [6.45, 7) is 14.2. The number of fused-ring (bicyclic) bond motifs is 1. The van der Waals surface area contributed by atoms with Crippen molar-refractivity contribution in [2.75, 3.05) is 6.54 Å². The number of hydrogen-bond acceptors (Lipinski definition) is 1. The molecule has 1 aromatic heterocycles. The fourth-order valence-electron chi connectivity index (χ4n) is 2.81. The van der Waals surface area contributed by atoms with Crippen LogP contribution in [-0.4, -0.2) is 17.1 Å². The van der Waals surface area contributed by atoms with Crippen molar-refractivity contribution in [1.82, 2.24) is 10.3 Å². The van der Waals surface area contributed by atoms with E-state index in [4.69, 9.17) is 0 Å². The van der Waals surface area contributed by atoms with Crippen LogP contribution < -0.4 is 5.32 Å². The molecule has 0 atom stereocenters. The number of hydrogen-bond donors (Lipinski definition) is 2. The minimum atomic E-state index is 0.186. The molecule has 0 unspecified atom stereocenters. The molecule has 2 aromatic rings. The van der Waals surface area contributed by atoms with Crippen LogP contribution in [0.25, 0.3) is 10.9 Å². The van der Waals surface area contributed by atoms with E-state index in [1.54, 1.807) is 0 Å². The third kappa shape index (κ3) is 3.19. The van der Waals surface area contributed by atoms with Gasteiger partial charge in [-0.2, -0.15) is 0 Å². The number of aryl methyl sites for hydroxylation is 3. The van der Waals surface area contributed by atoms with E-state index in [1.807, 2.05) is 0 Å². The van der Waals surface area contributed by atoms with Crippen LogP contribution in [0.3, 0.4) is 0 Å². The van der Waals surface area contributed by atoms with Crippen LogP contribution in [0.1, 0.15) is 43.2 Å². The quantitative estimate of drug-likeness (QED) is 0.855. The van der Waals surface area contributed by atoms with E-state index in [9.17, 15) is 0 Å². The third-order valence-electron chi connectivity index (χ3n) is 3.59. The van der Waals surface area contributed by atoms with E-state index >= 15 is 0 Å². The highest BCUT2D eigenvalue weighted by molar-refractivity contribution is 5.88. The molecule has 0 spiro atoms. The Morgan fingerprint density at radius 3 is 2.42 bits per heavy atom. The van der Waals surface area contributed by atoms with Crippen molar-refractivity contribution in [3.8, 4) is 0 Å². The largest absolute Gasteiger partial charge is 0.358 e. The maximum absolute atomic E-state index is 3.57. The van der Waals surface area contributed by atoms with Crippen molar-refractivity contribution in [2.24, 2.45) is 0 Å². The Hall–Kier alpha value is -1.28. The first kappa shape index (κ1) is 14.1. The highest BCUT2D eigenvalue weighted by atomic mass is 14.9. The molecule has 0 radical (unpaired) electrons. The van der Waals surface area contributed by atoms with Crippen LogP contribution in [0.15, 0.2) is 12.1 Å². The van der Waals surface area contributed by atoms with Crippen LogP contribution in [0.4, 0.5) is 0 Å². The molecule has 19 heavy (non-hydrogen) atoms. The molecule has 104 valence electrons. The van der Waals surface area contributed by atoms with Crippen LogP contribution in [0, 0.1) is 20.8 Å². The fourth-order valence-corrected chi connectivity index (χ4v) is 2.81. The Bertz CT molecular complexity index is 585. The number of nitrogens with one attached hydrogen (secondary N) is 2. The lowest BCUT2D eigenvalue weighted by Crippen LogP contribution is -2.37. The summed E-state index contributed by atoms with van der Waals surface area (Å²) in [5, 5.41) is 4.98. The molecule has 0 saturated heterocycles. The number of aromatic amines is 1. The Kier molecular flexibility index (Phi) is 3.73. The zero-order valence-electron chi connectivity index (χ0n) is 13.1. The minimum absolute atomic E-state index is 0.186. The van der Waals surface area contributed by atoms with E-state index in [-0.39, 0.29) is 5.54 Å². The molecular weight excluding hydrogens is 232 g/mol. The van der Waals surface area contributed by atoms with Gasteiger partial charge in [-0.05, 0) is 77.3 Å². The predicted molar refractivity (Wildman–Crippen MR) is 84.0 cm³/mol. The van der Waals surface area contributed by atoms with E-state index < -0.39 is 0 Å². The lowest BCUT2D eigenvalue weighted by molar-refractivity contribution is 0.429. The molecule has 2 rings (SSSR count). The van der Waals surface area contributed by atoms with Gasteiger partial charge in [-0.25, -0.2) is 0 Å². The number of rotatable bonds is 3. The molecule has 0 bridgehead atoms. The van der Waals surface area contributed by atoms with E-state index in [0.29, 0.717) is 0 Å². The second-order valence-corrected chi connectivity index (χ2v) is 6.66. The second kappa shape index (κ2) is 5.01. The molecular formula is C17H26N2. The average molecular weight is 258 g/mol. The summed E-state index contributed by atoms with van der Waals surface area (Å²) >= 11 is 0. The molecule has 2 heteroatoms. The Balaban J connectivity index is 2.30. The summed E-state index contributed by atoms with van der Waals surface area (Å²) in [7, 11) is 0. The van der Waals surface area contributed by atoms with Gasteiger partial charge in [0.15, 0.2) is 0 Å². The summed E-state index contributed by atoms with van der Waals surface area (Å²) in [5.41, 5.74) is 6.94. The zero-order valence-corrected chi connectivity index (χ0v) is 13.1. The second-order valence-electron chi connectivity index (χ2n) is 6.66. The summed E-state index contributed by atoms with van der Waals surface area (Å²) in [6.07, 6.45) is 1.08. The van der Waals surface area contributed by atoms with Crippen molar-refractivity contribution in [1.29, 1.82) is 0 Å². The van der Waals surface area contributed by atoms with Gasteiger partial charge in [-0.1, -0.05) is 6.07 Å². The number of benzene rings is 1. The highest BCUT2D eigenvalue weighted by Gasteiger charge is 2.13. The first-order valence-corrected chi connectivity index (χ1v) is 7.11. The van der Waals surface area contributed by atoms with Crippen LogP contribution >= 0.6 is 0 Å². The van der Waals surface area contributed by atoms with Gasteiger partial charge in [0.05, 0.1) is 0 Å². The predicted octanol–water partition coefficient (Wildman–Crippen LogP) is 4.02. The van der Waals surface area contributed by atoms with Crippen molar-refractivity contribution >= 4 is 10.9 Å². The third-order valence-corrected chi connectivity index (χ3v) is 3.59. The molecule has 2 N–H and O–H groups in total. The molecule has 1 aromatic carbocycles. The van der Waals surface area contributed by atoms with Crippen molar-refractivity contribution < 1.29 is 0 Å². The standard InChI is InChI=1S/C17H26N2/c1-11-9-12(2)16-14(7-8-18-17(4,5)6)13(3)19-15(16)10-11/h9-10,18-19H,7-8H2,1-6H3. The van der Waals surface area contributed by atoms with Gasteiger partial charge < -0.3 is 10.3 Å². The summed E-state index contributed by atoms with van der Waals surface area (Å²) in [5.74, 6) is 0. The molecule has 1 heterocycles. The lowest BCUT2D eigenvalue weighted by Gasteiger charge is -2.20. The average Bonchev–Trinajstić information content (AvgIpc) is 2.53. The Morgan fingerprint density at radius 2 is 1.79 bits per heavy atom. The monoisotopic (exact) mass is 258 g/mol. The molecule has 0 fully saturated rings. The summed E-state index contributed by atoms with van der Waals surface area (Å²) < 4.78 is 0. The highest BCUT2D eigenvalue weighted by Crippen LogP contribution is 2.27. The number of H-pyrrole nitrogens is 1. The minimum Gasteiger partial charge on any atom is -0.358 e. The van der Waals surface area contributed by atoms with Crippen LogP contribution in [0.5, 0.6) is 0 Å². The molecule has 2 nitrogen and oxygen atoms in total. The molecule has 0 aliphatic carbocycles. The molecule has 0 aliphatic rings. The molecule has 0 aliphatic heterocycles. The van der Waals surface area contributed by atoms with Crippen molar-refractivity contribution in [3.63, 3.8) is 0 Å². The molecule has 0 saturated carbocycles. The Morgan fingerprint density at radius 1 is 1.11 bits per heavy atom. The van der Waals surface area contributed by atoms with E-state index in [0.717, 1.165) is 13.0 Å². The molecule has 0 amide bonds. The van der Waals surface area contributed by atoms with Crippen molar-refractivity contribution in [3.05, 3.63) is 34.5 Å². The van der Waals surface area contributed by atoms with Crippen LogP contribution in [0.2, 0.25) is 0 Å². The fraction of sp³-hybridized carbons (Fsp3) is 0.529. The van der Waals surface area contributed by atoms with Gasteiger partial charge in [0.1, 0.15) is 0 Å². The zero-order chi connectivity index (χ0) is 14.2. The maximum Gasteiger partial charge on any atom is 0.0464 e. The smallest absolute Gasteiger partial charge is 0.0464 e. The van der Waals surface area contributed by atoms with Gasteiger partial charge in [-0.3, -0.25) is 0 Å². The summed E-state index contributed by atoms with van der Waals surface area (Å²) in [4.78, 5) is 3.53. The van der Waals surface area contributed by atoms with Crippen LogP contribution in [-0.2, 0) is 6.42 Å². The first-order chi connectivity index (χ1) is 8.78. The van der Waals surface area contributed by atoms with E-state index in [2.05, 4.69) is 64.0 Å². The number of aromatic nitrogens is 1.